The molecule has 1 amide bonds. The largest absolute Gasteiger partial charge is 0.347 e. The van der Waals surface area contributed by atoms with Crippen LogP contribution < -0.4 is 10.6 Å². The molecule has 0 aliphatic heterocycles. The van der Waals surface area contributed by atoms with Gasteiger partial charge in [-0.25, -0.2) is 4.98 Å². The van der Waals surface area contributed by atoms with E-state index in [0.717, 1.165) is 21.4 Å². The van der Waals surface area contributed by atoms with Crippen molar-refractivity contribution >= 4 is 54.8 Å². The van der Waals surface area contributed by atoms with Crippen molar-refractivity contribution in [1.29, 1.82) is 0 Å². The summed E-state index contributed by atoms with van der Waals surface area (Å²) in [5.74, 6) is -0.105. The molecule has 1 aromatic heterocycles. The number of carbonyl (C=O) groups excluding carboxylic acids is 1. The normalized spacial score (nSPS) is 10.8. The van der Waals surface area contributed by atoms with E-state index >= 15 is 0 Å². The molecule has 2 N–H and O–H groups in total. The lowest BCUT2D eigenvalue weighted by Gasteiger charge is -2.06. The van der Waals surface area contributed by atoms with E-state index in [1.165, 1.54) is 22.1 Å². The predicted octanol–water partition coefficient (Wildman–Crippen LogP) is 6.04. The number of fused-ring (bicyclic) bond motifs is 1. The van der Waals surface area contributed by atoms with Crippen molar-refractivity contribution in [3.8, 4) is 0 Å². The van der Waals surface area contributed by atoms with Gasteiger partial charge in [0.05, 0.1) is 5.69 Å². The van der Waals surface area contributed by atoms with Gasteiger partial charge in [-0.2, -0.15) is 0 Å². The number of hydrogen-bond donors (Lipinski definition) is 2. The fourth-order valence-corrected chi connectivity index (χ4v) is 4.10. The Hall–Kier alpha value is -2.70. The molecule has 4 rings (SSSR count). The number of halogens is 1. The van der Waals surface area contributed by atoms with Crippen molar-refractivity contribution in [2.75, 3.05) is 5.32 Å². The molecule has 0 saturated carbocycles. The van der Waals surface area contributed by atoms with Crippen molar-refractivity contribution in [3.63, 3.8) is 0 Å². The highest BCUT2D eigenvalue weighted by molar-refractivity contribution is 9.10. The Morgan fingerprint density at radius 3 is 2.57 bits per heavy atom. The van der Waals surface area contributed by atoms with Gasteiger partial charge in [0.1, 0.15) is 4.88 Å². The molecule has 4 aromatic rings. The number of thiazole rings is 1. The number of aryl methyl sites for hydroxylation is 1. The summed E-state index contributed by atoms with van der Waals surface area (Å²) in [5.41, 5.74) is 2.73. The molecule has 6 heteroatoms. The standard InChI is InChI=1S/C22H18BrN3OS/c1-14-20(28-22(25-14)26-19-10-8-18(23)9-11-19)21(27)24-13-15-6-7-16-4-2-3-5-17(16)12-15/h2-12H,13H2,1H3,(H,24,27)(H,25,26). The minimum absolute atomic E-state index is 0.105. The van der Waals surface area contributed by atoms with Crippen LogP contribution in [0.4, 0.5) is 10.8 Å². The van der Waals surface area contributed by atoms with Crippen molar-refractivity contribution in [2.24, 2.45) is 0 Å². The van der Waals surface area contributed by atoms with E-state index in [1.807, 2.05) is 49.4 Å². The summed E-state index contributed by atoms with van der Waals surface area (Å²) in [6.45, 7) is 2.34. The number of aromatic nitrogens is 1. The number of amides is 1. The van der Waals surface area contributed by atoms with Crippen LogP contribution in [0.3, 0.4) is 0 Å². The van der Waals surface area contributed by atoms with Gasteiger partial charge in [-0.05, 0) is 53.6 Å². The van der Waals surface area contributed by atoms with Crippen molar-refractivity contribution < 1.29 is 4.79 Å². The maximum atomic E-state index is 12.6. The van der Waals surface area contributed by atoms with Gasteiger partial charge in [-0.15, -0.1) is 0 Å². The predicted molar refractivity (Wildman–Crippen MR) is 119 cm³/mol. The topological polar surface area (TPSA) is 54.0 Å². The van der Waals surface area contributed by atoms with Crippen LogP contribution in [0.1, 0.15) is 20.9 Å². The first-order chi connectivity index (χ1) is 13.6. The lowest BCUT2D eigenvalue weighted by atomic mass is 10.1. The molecule has 0 spiro atoms. The molecule has 1 heterocycles. The number of anilines is 2. The second-order valence-corrected chi connectivity index (χ2v) is 8.34. The lowest BCUT2D eigenvalue weighted by molar-refractivity contribution is 0.0954. The second-order valence-electron chi connectivity index (χ2n) is 6.43. The molecule has 0 fully saturated rings. The Labute approximate surface area is 175 Å². The van der Waals surface area contributed by atoms with Crippen LogP contribution in [-0.4, -0.2) is 10.9 Å². The van der Waals surface area contributed by atoms with Crippen molar-refractivity contribution in [1.82, 2.24) is 10.3 Å². The Morgan fingerprint density at radius 1 is 1.04 bits per heavy atom. The summed E-state index contributed by atoms with van der Waals surface area (Å²) in [6.07, 6.45) is 0. The fourth-order valence-electron chi connectivity index (χ4n) is 2.93. The monoisotopic (exact) mass is 451 g/mol. The molecular weight excluding hydrogens is 434 g/mol. The van der Waals surface area contributed by atoms with E-state index in [2.05, 4.69) is 55.8 Å². The average molecular weight is 452 g/mol. The van der Waals surface area contributed by atoms with Gasteiger partial charge in [0.2, 0.25) is 0 Å². The number of nitrogens with zero attached hydrogens (tertiary/aromatic N) is 1. The van der Waals surface area contributed by atoms with Gasteiger partial charge in [0.15, 0.2) is 5.13 Å². The van der Waals surface area contributed by atoms with Crippen LogP contribution in [0.25, 0.3) is 10.8 Å². The Balaban J connectivity index is 1.44. The summed E-state index contributed by atoms with van der Waals surface area (Å²) in [6, 6.07) is 22.3. The zero-order chi connectivity index (χ0) is 19.5. The number of nitrogens with one attached hydrogen (secondary N) is 2. The Morgan fingerprint density at radius 2 is 1.79 bits per heavy atom. The Kier molecular flexibility index (Phi) is 5.41. The molecule has 4 nitrogen and oxygen atoms in total. The number of benzene rings is 3. The number of hydrogen-bond acceptors (Lipinski definition) is 4. The molecule has 0 atom stereocenters. The van der Waals surface area contributed by atoms with Crippen LogP contribution in [0.2, 0.25) is 0 Å². The number of rotatable bonds is 5. The summed E-state index contributed by atoms with van der Waals surface area (Å²) in [7, 11) is 0. The minimum atomic E-state index is -0.105. The Bertz CT molecular complexity index is 1140. The SMILES string of the molecule is Cc1nc(Nc2ccc(Br)cc2)sc1C(=O)NCc1ccc2ccccc2c1. The summed E-state index contributed by atoms with van der Waals surface area (Å²) >= 11 is 4.78. The third kappa shape index (κ3) is 4.24. The molecule has 0 unspecified atom stereocenters. The van der Waals surface area contributed by atoms with Gasteiger partial charge in [0, 0.05) is 16.7 Å². The molecule has 140 valence electrons. The molecule has 3 aromatic carbocycles. The third-order valence-electron chi connectivity index (χ3n) is 4.37. The smallest absolute Gasteiger partial charge is 0.263 e. The molecule has 0 radical (unpaired) electrons. The molecule has 0 bridgehead atoms. The molecule has 28 heavy (non-hydrogen) atoms. The highest BCUT2D eigenvalue weighted by Gasteiger charge is 2.15. The highest BCUT2D eigenvalue weighted by atomic mass is 79.9. The third-order valence-corrected chi connectivity index (χ3v) is 5.97. The quantitative estimate of drug-likeness (QED) is 0.388. The highest BCUT2D eigenvalue weighted by Crippen LogP contribution is 2.26. The zero-order valence-corrected chi connectivity index (χ0v) is 17.6. The molecule has 0 aliphatic rings. The first-order valence-electron chi connectivity index (χ1n) is 8.84. The summed E-state index contributed by atoms with van der Waals surface area (Å²) in [4.78, 5) is 17.7. The molecule has 0 aliphatic carbocycles. The summed E-state index contributed by atoms with van der Waals surface area (Å²) in [5, 5.41) is 9.32. The van der Waals surface area contributed by atoms with Crippen LogP contribution >= 0.6 is 27.3 Å². The fraction of sp³-hybridized carbons (Fsp3) is 0.0909. The van der Waals surface area contributed by atoms with Gasteiger partial charge < -0.3 is 10.6 Å². The van der Waals surface area contributed by atoms with E-state index in [0.29, 0.717) is 16.6 Å². The van der Waals surface area contributed by atoms with Crippen LogP contribution in [0, 0.1) is 6.92 Å². The first kappa shape index (κ1) is 18.7. The number of carbonyl (C=O) groups is 1. The first-order valence-corrected chi connectivity index (χ1v) is 10.5. The van der Waals surface area contributed by atoms with Crippen LogP contribution in [0.15, 0.2) is 71.2 Å². The van der Waals surface area contributed by atoms with E-state index in [4.69, 9.17) is 0 Å². The van der Waals surface area contributed by atoms with E-state index in [9.17, 15) is 4.79 Å². The summed E-state index contributed by atoms with van der Waals surface area (Å²) < 4.78 is 1.02. The zero-order valence-electron chi connectivity index (χ0n) is 15.2. The van der Waals surface area contributed by atoms with E-state index < -0.39 is 0 Å². The van der Waals surface area contributed by atoms with Gasteiger partial charge in [-0.1, -0.05) is 63.7 Å². The molecular formula is C22H18BrN3OS. The van der Waals surface area contributed by atoms with E-state index in [-0.39, 0.29) is 5.91 Å². The molecule has 0 saturated heterocycles. The second kappa shape index (κ2) is 8.12. The van der Waals surface area contributed by atoms with Crippen molar-refractivity contribution in [2.45, 2.75) is 13.5 Å². The van der Waals surface area contributed by atoms with Crippen LogP contribution in [0.5, 0.6) is 0 Å². The average Bonchev–Trinajstić information content (AvgIpc) is 3.08. The minimum Gasteiger partial charge on any atom is -0.347 e. The maximum absolute atomic E-state index is 12.6. The maximum Gasteiger partial charge on any atom is 0.263 e. The van der Waals surface area contributed by atoms with Gasteiger partial charge in [-0.3, -0.25) is 4.79 Å². The van der Waals surface area contributed by atoms with Crippen molar-refractivity contribution in [3.05, 3.63) is 87.3 Å². The van der Waals surface area contributed by atoms with Crippen LogP contribution in [-0.2, 0) is 6.54 Å². The van der Waals surface area contributed by atoms with Gasteiger partial charge in [0.25, 0.3) is 5.91 Å². The van der Waals surface area contributed by atoms with E-state index in [1.54, 1.807) is 0 Å². The lowest BCUT2D eigenvalue weighted by Crippen LogP contribution is -2.22. The van der Waals surface area contributed by atoms with Gasteiger partial charge >= 0.3 is 0 Å².